The second-order valence-electron chi connectivity index (χ2n) is 23.1. The van der Waals surface area contributed by atoms with Crippen molar-refractivity contribution in [3.8, 4) is 0 Å². The van der Waals surface area contributed by atoms with Crippen LogP contribution in [-0.2, 0) is 41.6 Å². The SMILES string of the molecule is CC(C)CC(NC(=O)CCC(C)C1CCC2C3C(O)CC4CC(O)CCC4(C)C3CC(O)C12C)C(=O)NC(C(=O)NC(Cc1ccccc1)C(=O)NC(Cc1ccccc1)C(=O)NC(C)C(=O)O)C(C)C. The van der Waals surface area contributed by atoms with E-state index < -0.39 is 83.3 Å². The third kappa shape index (κ3) is 13.0. The number of nitrogens with one attached hydrogen (secondary N) is 5. The number of rotatable bonds is 21. The van der Waals surface area contributed by atoms with Crippen molar-refractivity contribution in [3.63, 3.8) is 0 Å². The molecule has 5 amide bonds. The fraction of sp³-hybridized carbons (Fsp3) is 0.679. The summed E-state index contributed by atoms with van der Waals surface area (Å²) in [5.41, 5.74) is 1.00. The molecule has 4 saturated carbocycles. The molecule has 15 heteroatoms. The van der Waals surface area contributed by atoms with E-state index in [1.165, 1.54) is 6.92 Å². The van der Waals surface area contributed by atoms with Crippen LogP contribution in [0, 0.1) is 58.2 Å². The number of carbonyl (C=O) groups is 6. The Balaban J connectivity index is 1.10. The summed E-state index contributed by atoms with van der Waals surface area (Å²) in [6.45, 7) is 15.4. The van der Waals surface area contributed by atoms with Gasteiger partial charge < -0.3 is 47.0 Å². The lowest BCUT2D eigenvalue weighted by atomic mass is 9.43. The van der Waals surface area contributed by atoms with Crippen LogP contribution in [0.4, 0.5) is 0 Å². The van der Waals surface area contributed by atoms with Gasteiger partial charge in [0.15, 0.2) is 0 Å². The molecule has 71 heavy (non-hydrogen) atoms. The summed E-state index contributed by atoms with van der Waals surface area (Å²) in [7, 11) is 0. The molecule has 0 radical (unpaired) electrons. The first kappa shape index (κ1) is 55.5. The van der Waals surface area contributed by atoms with Crippen molar-refractivity contribution in [1.82, 2.24) is 26.6 Å². The zero-order valence-electron chi connectivity index (χ0n) is 43.2. The van der Waals surface area contributed by atoms with Gasteiger partial charge >= 0.3 is 5.97 Å². The minimum Gasteiger partial charge on any atom is -0.480 e. The lowest BCUT2D eigenvalue weighted by molar-refractivity contribution is -0.207. The van der Waals surface area contributed by atoms with Gasteiger partial charge in [-0.15, -0.1) is 0 Å². The van der Waals surface area contributed by atoms with E-state index in [2.05, 4.69) is 47.4 Å². The van der Waals surface area contributed by atoms with Crippen molar-refractivity contribution in [2.45, 2.75) is 181 Å². The zero-order valence-corrected chi connectivity index (χ0v) is 43.2. The second-order valence-corrected chi connectivity index (χ2v) is 23.1. The van der Waals surface area contributed by atoms with Crippen LogP contribution in [0.25, 0.3) is 0 Å². The maximum absolute atomic E-state index is 14.3. The largest absolute Gasteiger partial charge is 0.480 e. The summed E-state index contributed by atoms with van der Waals surface area (Å²) in [6.07, 6.45) is 5.27. The van der Waals surface area contributed by atoms with Crippen LogP contribution in [0.15, 0.2) is 60.7 Å². The number of benzene rings is 2. The molecule has 4 aliphatic carbocycles. The van der Waals surface area contributed by atoms with Crippen LogP contribution in [0.3, 0.4) is 0 Å². The number of aliphatic carboxylic acids is 1. The topological polar surface area (TPSA) is 243 Å². The summed E-state index contributed by atoms with van der Waals surface area (Å²) < 4.78 is 0. The number of aliphatic hydroxyl groups excluding tert-OH is 3. The Morgan fingerprint density at radius 1 is 0.648 bits per heavy atom. The van der Waals surface area contributed by atoms with Crippen LogP contribution in [0.5, 0.6) is 0 Å². The summed E-state index contributed by atoms with van der Waals surface area (Å²) >= 11 is 0. The molecule has 4 fully saturated rings. The summed E-state index contributed by atoms with van der Waals surface area (Å²) in [4.78, 5) is 81.6. The number of amides is 5. The monoisotopic (exact) mass is 986 g/mol. The van der Waals surface area contributed by atoms with Crippen molar-refractivity contribution >= 4 is 35.5 Å². The van der Waals surface area contributed by atoms with E-state index >= 15 is 0 Å². The van der Waals surface area contributed by atoms with E-state index in [-0.39, 0.29) is 78.1 Å². The number of carboxylic acids is 1. The molecule has 2 aromatic rings. The molecular weight excluding hydrogens is 903 g/mol. The fourth-order valence-corrected chi connectivity index (χ4v) is 13.5. The van der Waals surface area contributed by atoms with Crippen molar-refractivity contribution < 1.29 is 49.2 Å². The number of carbonyl (C=O) groups excluding carboxylic acids is 5. The summed E-state index contributed by atoms with van der Waals surface area (Å²) in [6, 6.07) is 12.3. The quantitative estimate of drug-likeness (QED) is 0.0804. The van der Waals surface area contributed by atoms with E-state index in [0.717, 1.165) is 31.2 Å². The van der Waals surface area contributed by atoms with Crippen LogP contribution in [0.2, 0.25) is 0 Å². The first-order valence-corrected chi connectivity index (χ1v) is 26.4. The Morgan fingerprint density at radius 2 is 1.21 bits per heavy atom. The third-order valence-corrected chi connectivity index (χ3v) is 17.5. The molecule has 2 aromatic carbocycles. The van der Waals surface area contributed by atoms with Gasteiger partial charge in [-0.2, -0.15) is 0 Å². The third-order valence-electron chi connectivity index (χ3n) is 17.5. The van der Waals surface area contributed by atoms with Gasteiger partial charge in [0.25, 0.3) is 0 Å². The molecule has 6 rings (SSSR count). The molecular formula is C56H83N5O10. The molecule has 0 bridgehead atoms. The van der Waals surface area contributed by atoms with Crippen molar-refractivity contribution in [2.24, 2.45) is 58.2 Å². The highest BCUT2D eigenvalue weighted by Crippen LogP contribution is 2.68. The van der Waals surface area contributed by atoms with E-state index in [1.807, 2.05) is 26.0 Å². The highest BCUT2D eigenvalue weighted by molar-refractivity contribution is 5.96. The average molecular weight is 986 g/mol. The van der Waals surface area contributed by atoms with Crippen LogP contribution < -0.4 is 26.6 Å². The number of hydrogen-bond acceptors (Lipinski definition) is 9. The van der Waals surface area contributed by atoms with Gasteiger partial charge in [-0.3, -0.25) is 28.8 Å². The maximum atomic E-state index is 14.3. The number of fused-ring (bicyclic) bond motifs is 5. The lowest BCUT2D eigenvalue weighted by Gasteiger charge is -2.63. The highest BCUT2D eigenvalue weighted by Gasteiger charge is 2.65. The van der Waals surface area contributed by atoms with Gasteiger partial charge in [0.1, 0.15) is 30.2 Å². The molecule has 15 nitrogen and oxygen atoms in total. The molecule has 16 atom stereocenters. The fourth-order valence-electron chi connectivity index (χ4n) is 13.5. The van der Waals surface area contributed by atoms with Crippen molar-refractivity contribution in [1.29, 1.82) is 0 Å². The lowest BCUT2D eigenvalue weighted by Crippen LogP contribution is -2.62. The van der Waals surface area contributed by atoms with Gasteiger partial charge in [-0.25, -0.2) is 0 Å². The standard InChI is InChI=1S/C56H83N5O10/c1-31(2)25-42(58-47(65)22-19-33(5)39-20-21-40-48-41(30-46(64)56(39,40)8)55(7)24-23-38(62)28-37(55)29-45(48)63)52(68)61-49(32(3)4)53(69)60-44(27-36-17-13-10-14-18-36)51(67)59-43(26-35-15-11-9-12-16-35)50(66)57-34(6)54(70)71/h9-18,31-34,37-46,48-49,62-64H,19-30H2,1-8H3,(H,57,66)(H,58,65)(H,59,67)(H,60,69)(H,61,68)(H,70,71). The summed E-state index contributed by atoms with van der Waals surface area (Å²) in [5, 5.41) is 57.7. The molecule has 4 aliphatic rings. The second kappa shape index (κ2) is 23.8. The molecule has 0 aliphatic heterocycles. The number of aliphatic hydroxyl groups is 3. The predicted octanol–water partition coefficient (Wildman–Crippen LogP) is 5.08. The highest BCUT2D eigenvalue weighted by atomic mass is 16.4. The van der Waals surface area contributed by atoms with Crippen LogP contribution >= 0.6 is 0 Å². The molecule has 0 heterocycles. The minimum absolute atomic E-state index is 0.00751. The Morgan fingerprint density at radius 3 is 1.77 bits per heavy atom. The van der Waals surface area contributed by atoms with Crippen molar-refractivity contribution in [2.75, 3.05) is 0 Å². The molecule has 392 valence electrons. The van der Waals surface area contributed by atoms with E-state index in [4.69, 9.17) is 0 Å². The van der Waals surface area contributed by atoms with Gasteiger partial charge in [0.2, 0.25) is 29.5 Å². The van der Waals surface area contributed by atoms with Gasteiger partial charge in [0, 0.05) is 19.3 Å². The maximum Gasteiger partial charge on any atom is 0.325 e. The first-order chi connectivity index (χ1) is 33.5. The smallest absolute Gasteiger partial charge is 0.325 e. The zero-order chi connectivity index (χ0) is 51.9. The Kier molecular flexibility index (Phi) is 18.6. The number of hydrogen-bond donors (Lipinski definition) is 9. The Hall–Kier alpha value is -4.86. The van der Waals surface area contributed by atoms with Crippen LogP contribution in [-0.4, -0.2) is 104 Å². The molecule has 16 unspecified atom stereocenters. The summed E-state index contributed by atoms with van der Waals surface area (Å²) in [5.74, 6) is -3.63. The molecule has 0 spiro atoms. The Labute approximate surface area is 420 Å². The Bertz CT molecular complexity index is 2160. The van der Waals surface area contributed by atoms with Gasteiger partial charge in [-0.1, -0.05) is 109 Å². The first-order valence-electron chi connectivity index (χ1n) is 26.4. The van der Waals surface area contributed by atoms with Crippen molar-refractivity contribution in [3.05, 3.63) is 71.8 Å². The average Bonchev–Trinajstić information content (AvgIpc) is 3.68. The van der Waals surface area contributed by atoms with E-state index in [1.54, 1.807) is 62.4 Å². The number of carboxylic acid groups (broad SMARTS) is 1. The molecule has 0 aromatic heterocycles. The minimum atomic E-state index is -1.24. The van der Waals surface area contributed by atoms with E-state index in [9.17, 15) is 49.2 Å². The molecule has 0 saturated heterocycles. The van der Waals surface area contributed by atoms with Crippen LogP contribution in [0.1, 0.15) is 131 Å². The normalized spacial score (nSPS) is 30.5. The van der Waals surface area contributed by atoms with Gasteiger partial charge in [0.05, 0.1) is 18.3 Å². The van der Waals surface area contributed by atoms with Gasteiger partial charge in [-0.05, 0) is 134 Å². The molecule has 9 N–H and O–H groups in total. The predicted molar refractivity (Wildman–Crippen MR) is 270 cm³/mol. The van der Waals surface area contributed by atoms with E-state index in [0.29, 0.717) is 37.7 Å².